The van der Waals surface area contributed by atoms with Gasteiger partial charge in [0, 0.05) is 59.7 Å². The highest BCUT2D eigenvalue weighted by Crippen LogP contribution is 2.22. The summed E-state index contributed by atoms with van der Waals surface area (Å²) in [5, 5.41) is 8.11. The Bertz CT molecular complexity index is 2620. The van der Waals surface area contributed by atoms with Crippen LogP contribution in [-0.4, -0.2) is 23.1 Å². The first-order valence-electron chi connectivity index (χ1n) is 20.7. The second-order valence-electron chi connectivity index (χ2n) is 14.7. The molecule has 0 bridgehead atoms. The van der Waals surface area contributed by atoms with E-state index in [-0.39, 0.29) is 23.1 Å². The molecule has 0 radical (unpaired) electrons. The second kappa shape index (κ2) is 28.0. The second-order valence-corrected chi connectivity index (χ2v) is 22.1. The average molecular weight is 1230 g/mol. The molecule has 4 nitrogen and oxygen atoms in total. The van der Waals surface area contributed by atoms with Gasteiger partial charge in [-0.25, -0.2) is 0 Å². The number of hydrogen-bond donors (Lipinski definition) is 0. The van der Waals surface area contributed by atoms with Crippen molar-refractivity contribution in [2.75, 3.05) is 0 Å². The van der Waals surface area contributed by atoms with Crippen LogP contribution in [0.1, 0.15) is 83.2 Å². The van der Waals surface area contributed by atoms with Crippen LogP contribution in [-0.2, 0) is 0 Å². The summed E-state index contributed by atoms with van der Waals surface area (Å²) >= 11 is 20.0. The number of rotatable bonds is 12. The third-order valence-corrected chi connectivity index (χ3v) is 15.7. The number of carbonyl (C=O) groups is 4. The number of halogens is 4. The standard InChI is InChI=1S/4C14H11BrOS/c4*1-10-8-9-17-14(10)7-6-13(16)11-2-4-12(15)5-3-11/h4*2-9H,1H3/b4*7-6+. The largest absolute Gasteiger partial charge is 0.289 e. The van der Waals surface area contributed by atoms with E-state index in [0.29, 0.717) is 22.3 Å². The molecule has 12 heteroatoms. The van der Waals surface area contributed by atoms with Crippen molar-refractivity contribution in [2.24, 2.45) is 0 Å². The zero-order valence-corrected chi connectivity index (χ0v) is 46.9. The van der Waals surface area contributed by atoms with Crippen LogP contribution in [0.5, 0.6) is 0 Å². The highest BCUT2D eigenvalue weighted by atomic mass is 79.9. The van der Waals surface area contributed by atoms with Gasteiger partial charge in [-0.1, -0.05) is 63.7 Å². The van der Waals surface area contributed by atoms with E-state index in [1.165, 1.54) is 22.3 Å². The Morgan fingerprint density at radius 3 is 0.632 bits per heavy atom. The molecule has 0 aliphatic heterocycles. The summed E-state index contributed by atoms with van der Waals surface area (Å²) in [4.78, 5) is 52.0. The van der Waals surface area contributed by atoms with Crippen LogP contribution in [0.15, 0.2) is 185 Å². The fraction of sp³-hybridized carbons (Fsp3) is 0.0714. The molecule has 0 N–H and O–H groups in total. The Kier molecular flexibility index (Phi) is 22.3. The molecule has 0 saturated carbocycles. The molecule has 8 rings (SSSR count). The van der Waals surface area contributed by atoms with E-state index in [1.807, 2.05) is 171 Å². The van der Waals surface area contributed by atoms with Crippen LogP contribution >= 0.6 is 109 Å². The molecule has 0 aliphatic carbocycles. The Morgan fingerprint density at radius 1 is 0.309 bits per heavy atom. The predicted molar refractivity (Wildman–Crippen MR) is 306 cm³/mol. The average Bonchev–Trinajstić information content (AvgIpc) is 4.16. The maximum Gasteiger partial charge on any atom is 0.185 e. The van der Waals surface area contributed by atoms with Gasteiger partial charge in [0.1, 0.15) is 0 Å². The third kappa shape index (κ3) is 18.0. The van der Waals surface area contributed by atoms with Gasteiger partial charge in [-0.15, -0.1) is 45.3 Å². The topological polar surface area (TPSA) is 68.3 Å². The molecule has 4 aromatic heterocycles. The van der Waals surface area contributed by atoms with Gasteiger partial charge in [-0.05, 0) is 241 Å². The fourth-order valence-corrected chi connectivity index (χ4v) is 10.0. The minimum atomic E-state index is 0.0327. The molecule has 0 aliphatic rings. The van der Waals surface area contributed by atoms with Crippen molar-refractivity contribution >= 4 is 157 Å². The van der Waals surface area contributed by atoms with Crippen LogP contribution in [0, 0.1) is 27.7 Å². The van der Waals surface area contributed by atoms with Crippen molar-refractivity contribution in [1.82, 2.24) is 0 Å². The summed E-state index contributed by atoms with van der Waals surface area (Å²) in [5.41, 5.74) is 7.64. The molecule has 8 aromatic rings. The summed E-state index contributed by atoms with van der Waals surface area (Å²) < 4.78 is 3.92. The lowest BCUT2D eigenvalue weighted by atomic mass is 10.1. The van der Waals surface area contributed by atoms with Crippen molar-refractivity contribution < 1.29 is 19.2 Å². The minimum absolute atomic E-state index is 0.0327. The predicted octanol–water partition coefficient (Wildman–Crippen LogP) is 18.9. The van der Waals surface area contributed by atoms with Gasteiger partial charge in [0.15, 0.2) is 23.1 Å². The van der Waals surface area contributed by atoms with E-state index < -0.39 is 0 Å². The highest BCUT2D eigenvalue weighted by Gasteiger charge is 2.06. The van der Waals surface area contributed by atoms with Crippen LogP contribution < -0.4 is 0 Å². The molecule has 0 fully saturated rings. The molecule has 0 spiro atoms. The first kappa shape index (κ1) is 54.2. The minimum Gasteiger partial charge on any atom is -0.289 e. The number of aryl methyl sites for hydroxylation is 4. The van der Waals surface area contributed by atoms with E-state index in [2.05, 4.69) is 88.0 Å². The Labute approximate surface area is 448 Å². The molecule has 68 heavy (non-hydrogen) atoms. The van der Waals surface area contributed by atoms with Crippen molar-refractivity contribution in [3.05, 3.63) is 249 Å². The Balaban J connectivity index is 0.000000169. The molecule has 4 aromatic carbocycles. The van der Waals surface area contributed by atoms with E-state index >= 15 is 0 Å². The first-order chi connectivity index (χ1) is 32.7. The van der Waals surface area contributed by atoms with Gasteiger partial charge in [-0.3, -0.25) is 19.2 Å². The number of benzene rings is 4. The lowest BCUT2D eigenvalue weighted by Gasteiger charge is -1.95. The lowest BCUT2D eigenvalue weighted by molar-refractivity contribution is 0.103. The van der Waals surface area contributed by atoms with Gasteiger partial charge in [0.25, 0.3) is 0 Å². The van der Waals surface area contributed by atoms with E-state index in [4.69, 9.17) is 0 Å². The van der Waals surface area contributed by atoms with Gasteiger partial charge >= 0.3 is 0 Å². The summed E-state index contributed by atoms with van der Waals surface area (Å²) in [6.07, 6.45) is 14.0. The van der Waals surface area contributed by atoms with Gasteiger partial charge in [0.2, 0.25) is 0 Å². The maximum atomic E-state index is 11.9. The molecule has 344 valence electrons. The van der Waals surface area contributed by atoms with Crippen molar-refractivity contribution in [1.29, 1.82) is 0 Å². The quantitative estimate of drug-likeness (QED) is 0.0903. The van der Waals surface area contributed by atoms with Crippen molar-refractivity contribution in [3.8, 4) is 0 Å². The SMILES string of the molecule is Cc1ccsc1/C=C/C(=O)c1ccc(Br)cc1.Cc1ccsc1/C=C/C(=O)c1ccc(Br)cc1.Cc1ccsc1/C=C/C(=O)c1ccc(Br)cc1.Cc1ccsc1/C=C/C(=O)c1ccc(Br)cc1. The Morgan fingerprint density at radius 2 is 0.485 bits per heavy atom. The highest BCUT2D eigenvalue weighted by molar-refractivity contribution is 9.11. The molecule has 0 saturated heterocycles. The Hall–Kier alpha value is -4.76. The maximum absolute atomic E-state index is 11.9. The first-order valence-corrected chi connectivity index (χ1v) is 27.4. The number of thiophene rings is 4. The zero-order valence-electron chi connectivity index (χ0n) is 37.3. The number of allylic oxidation sites excluding steroid dienone is 4. The third-order valence-electron chi connectivity index (χ3n) is 9.67. The number of ketones is 4. The van der Waals surface area contributed by atoms with Crippen LogP contribution in [0.25, 0.3) is 24.3 Å². The molecular weight excluding hydrogens is 1180 g/mol. The van der Waals surface area contributed by atoms with Gasteiger partial charge in [0.05, 0.1) is 0 Å². The van der Waals surface area contributed by atoms with E-state index in [1.54, 1.807) is 69.7 Å². The van der Waals surface area contributed by atoms with Gasteiger partial charge in [-0.2, -0.15) is 0 Å². The zero-order chi connectivity index (χ0) is 49.0. The molecule has 4 heterocycles. The van der Waals surface area contributed by atoms with Crippen LogP contribution in [0.4, 0.5) is 0 Å². The molecule has 0 amide bonds. The molecule has 0 unspecified atom stereocenters. The molecule has 0 atom stereocenters. The summed E-state index contributed by atoms with van der Waals surface area (Å²) in [6, 6.07) is 37.7. The number of hydrogen-bond acceptors (Lipinski definition) is 8. The summed E-state index contributed by atoms with van der Waals surface area (Å²) in [6.45, 7) is 8.17. The smallest absolute Gasteiger partial charge is 0.185 e. The van der Waals surface area contributed by atoms with E-state index in [9.17, 15) is 19.2 Å². The van der Waals surface area contributed by atoms with E-state index in [0.717, 1.165) is 37.4 Å². The lowest BCUT2D eigenvalue weighted by Crippen LogP contribution is -1.92. The fourth-order valence-electron chi connectivity index (χ4n) is 5.67. The summed E-state index contributed by atoms with van der Waals surface area (Å²) in [7, 11) is 0. The number of carbonyl (C=O) groups excluding carboxylic acids is 4. The van der Waals surface area contributed by atoms with Crippen molar-refractivity contribution in [2.45, 2.75) is 27.7 Å². The van der Waals surface area contributed by atoms with Gasteiger partial charge < -0.3 is 0 Å². The van der Waals surface area contributed by atoms with Crippen molar-refractivity contribution in [3.63, 3.8) is 0 Å². The molecular formula is C56H44Br4O4S4. The van der Waals surface area contributed by atoms with Crippen LogP contribution in [0.3, 0.4) is 0 Å². The normalized spacial score (nSPS) is 10.9. The monoisotopic (exact) mass is 1220 g/mol. The summed E-state index contributed by atoms with van der Waals surface area (Å²) in [5.74, 6) is 0.131. The van der Waals surface area contributed by atoms with Crippen LogP contribution in [0.2, 0.25) is 0 Å².